The summed E-state index contributed by atoms with van der Waals surface area (Å²) in [6, 6.07) is 14.8. The SMILES string of the molecule is NC(=O)C(Cc1ccccc1)NC(=O)CCSc1ccc(F)cc1. The highest BCUT2D eigenvalue weighted by atomic mass is 32.2. The Morgan fingerprint density at radius 1 is 1.08 bits per heavy atom. The number of carbonyl (C=O) groups excluding carboxylic acids is 2. The normalized spacial score (nSPS) is 11.7. The molecule has 24 heavy (non-hydrogen) atoms. The molecule has 0 fully saturated rings. The largest absolute Gasteiger partial charge is 0.368 e. The van der Waals surface area contributed by atoms with Gasteiger partial charge in [-0.15, -0.1) is 11.8 Å². The average molecular weight is 346 g/mol. The standard InChI is InChI=1S/C18H19FN2O2S/c19-14-6-8-15(9-7-14)24-11-10-17(22)21-16(18(20)23)12-13-4-2-1-3-5-13/h1-9,16H,10-12H2,(H2,20,23)(H,21,22). The molecule has 2 amide bonds. The zero-order valence-corrected chi connectivity index (χ0v) is 13.9. The molecule has 0 spiro atoms. The quantitative estimate of drug-likeness (QED) is 0.722. The maximum Gasteiger partial charge on any atom is 0.240 e. The lowest BCUT2D eigenvalue weighted by molar-refractivity contribution is -0.127. The van der Waals surface area contributed by atoms with E-state index >= 15 is 0 Å². The summed E-state index contributed by atoms with van der Waals surface area (Å²) in [5.41, 5.74) is 6.31. The Hall–Kier alpha value is -2.34. The molecular weight excluding hydrogens is 327 g/mol. The van der Waals surface area contributed by atoms with E-state index in [-0.39, 0.29) is 18.1 Å². The van der Waals surface area contributed by atoms with E-state index in [2.05, 4.69) is 5.32 Å². The highest BCUT2D eigenvalue weighted by Crippen LogP contribution is 2.18. The first kappa shape index (κ1) is 18.0. The molecule has 0 bridgehead atoms. The summed E-state index contributed by atoms with van der Waals surface area (Å²) in [6.07, 6.45) is 0.619. The first-order chi connectivity index (χ1) is 11.5. The number of nitrogens with one attached hydrogen (secondary N) is 1. The average Bonchev–Trinajstić information content (AvgIpc) is 2.57. The molecule has 1 atom stereocenters. The number of hydrogen-bond acceptors (Lipinski definition) is 3. The Morgan fingerprint density at radius 2 is 1.75 bits per heavy atom. The Morgan fingerprint density at radius 3 is 2.38 bits per heavy atom. The molecule has 0 heterocycles. The fraction of sp³-hybridized carbons (Fsp3) is 0.222. The van der Waals surface area contributed by atoms with Crippen LogP contribution in [0.4, 0.5) is 4.39 Å². The first-order valence-electron chi connectivity index (χ1n) is 7.55. The van der Waals surface area contributed by atoms with E-state index in [4.69, 9.17) is 5.73 Å². The second kappa shape index (κ2) is 9.08. The summed E-state index contributed by atoms with van der Waals surface area (Å²) < 4.78 is 12.8. The molecule has 0 aromatic heterocycles. The second-order valence-electron chi connectivity index (χ2n) is 5.26. The molecule has 6 heteroatoms. The van der Waals surface area contributed by atoms with Gasteiger partial charge in [-0.1, -0.05) is 30.3 Å². The summed E-state index contributed by atoms with van der Waals surface area (Å²) in [5, 5.41) is 2.67. The van der Waals surface area contributed by atoms with Crippen LogP contribution in [0.5, 0.6) is 0 Å². The number of carbonyl (C=O) groups is 2. The molecule has 4 nitrogen and oxygen atoms in total. The second-order valence-corrected chi connectivity index (χ2v) is 6.43. The number of nitrogens with two attached hydrogens (primary N) is 1. The zero-order valence-electron chi connectivity index (χ0n) is 13.1. The lowest BCUT2D eigenvalue weighted by Crippen LogP contribution is -2.45. The van der Waals surface area contributed by atoms with Crippen molar-refractivity contribution in [1.29, 1.82) is 0 Å². The Balaban J connectivity index is 1.80. The van der Waals surface area contributed by atoms with Gasteiger partial charge < -0.3 is 11.1 Å². The van der Waals surface area contributed by atoms with Crippen LogP contribution in [-0.2, 0) is 16.0 Å². The van der Waals surface area contributed by atoms with Gasteiger partial charge in [-0.3, -0.25) is 9.59 Å². The van der Waals surface area contributed by atoms with Crippen molar-refractivity contribution in [2.45, 2.75) is 23.8 Å². The lowest BCUT2D eigenvalue weighted by atomic mass is 10.1. The molecule has 0 saturated carbocycles. The van der Waals surface area contributed by atoms with Crippen LogP contribution in [0.2, 0.25) is 0 Å². The summed E-state index contributed by atoms with van der Waals surface area (Å²) in [5.74, 6) is -0.543. The van der Waals surface area contributed by atoms with Crippen molar-refractivity contribution in [2.75, 3.05) is 5.75 Å². The number of thioether (sulfide) groups is 1. The van der Waals surface area contributed by atoms with Gasteiger partial charge in [0.1, 0.15) is 11.9 Å². The van der Waals surface area contributed by atoms with Crippen LogP contribution < -0.4 is 11.1 Å². The van der Waals surface area contributed by atoms with Crippen molar-refractivity contribution >= 4 is 23.6 Å². The van der Waals surface area contributed by atoms with Crippen LogP contribution in [0.3, 0.4) is 0 Å². The van der Waals surface area contributed by atoms with Crippen molar-refractivity contribution in [3.8, 4) is 0 Å². The summed E-state index contributed by atoms with van der Waals surface area (Å²) >= 11 is 1.45. The Kier molecular flexibility index (Phi) is 6.81. The van der Waals surface area contributed by atoms with Gasteiger partial charge in [0.05, 0.1) is 0 Å². The van der Waals surface area contributed by atoms with E-state index in [1.165, 1.54) is 23.9 Å². The van der Waals surface area contributed by atoms with Crippen LogP contribution in [0.1, 0.15) is 12.0 Å². The van der Waals surface area contributed by atoms with Crippen LogP contribution >= 0.6 is 11.8 Å². The van der Waals surface area contributed by atoms with Crippen molar-refractivity contribution in [3.05, 3.63) is 66.0 Å². The third-order valence-electron chi connectivity index (χ3n) is 3.37. The highest BCUT2D eigenvalue weighted by molar-refractivity contribution is 7.99. The molecule has 0 radical (unpaired) electrons. The van der Waals surface area contributed by atoms with E-state index < -0.39 is 11.9 Å². The molecule has 0 aliphatic rings. The van der Waals surface area contributed by atoms with Gasteiger partial charge in [0.2, 0.25) is 11.8 Å². The lowest BCUT2D eigenvalue weighted by Gasteiger charge is -2.15. The van der Waals surface area contributed by atoms with Crippen LogP contribution in [0.15, 0.2) is 59.5 Å². The maximum atomic E-state index is 12.8. The fourth-order valence-corrected chi connectivity index (χ4v) is 2.98. The zero-order chi connectivity index (χ0) is 17.4. The summed E-state index contributed by atoms with van der Waals surface area (Å²) in [7, 11) is 0. The molecule has 0 aliphatic carbocycles. The van der Waals surface area contributed by atoms with E-state index in [0.29, 0.717) is 12.2 Å². The number of hydrogen-bond donors (Lipinski definition) is 2. The fourth-order valence-electron chi connectivity index (χ4n) is 2.13. The Bertz CT molecular complexity index is 677. The van der Waals surface area contributed by atoms with Gasteiger partial charge in [-0.25, -0.2) is 4.39 Å². The molecule has 2 aromatic carbocycles. The smallest absolute Gasteiger partial charge is 0.240 e. The molecule has 2 aromatic rings. The van der Waals surface area contributed by atoms with Gasteiger partial charge in [0.15, 0.2) is 0 Å². The molecule has 2 rings (SSSR count). The van der Waals surface area contributed by atoms with Gasteiger partial charge in [0, 0.05) is 23.5 Å². The molecule has 0 saturated heterocycles. The Labute approximate surface area is 144 Å². The maximum absolute atomic E-state index is 12.8. The minimum absolute atomic E-state index is 0.232. The van der Waals surface area contributed by atoms with Crippen molar-refractivity contribution in [2.24, 2.45) is 5.73 Å². The molecule has 0 aliphatic heterocycles. The van der Waals surface area contributed by atoms with Crippen molar-refractivity contribution in [1.82, 2.24) is 5.32 Å². The molecule has 126 valence electrons. The van der Waals surface area contributed by atoms with Crippen molar-refractivity contribution < 1.29 is 14.0 Å². The molecular formula is C18H19FN2O2S. The van der Waals surface area contributed by atoms with Crippen molar-refractivity contribution in [3.63, 3.8) is 0 Å². The topological polar surface area (TPSA) is 72.2 Å². The first-order valence-corrected chi connectivity index (χ1v) is 8.54. The number of benzene rings is 2. The summed E-state index contributed by atoms with van der Waals surface area (Å²) in [4.78, 5) is 24.4. The number of halogens is 1. The van der Waals surface area contributed by atoms with E-state index in [1.54, 1.807) is 12.1 Å². The summed E-state index contributed by atoms with van der Waals surface area (Å²) in [6.45, 7) is 0. The third kappa shape index (κ3) is 6.04. The van der Waals surface area contributed by atoms with E-state index in [0.717, 1.165) is 10.5 Å². The van der Waals surface area contributed by atoms with Crippen LogP contribution in [0, 0.1) is 5.82 Å². The predicted molar refractivity (Wildman–Crippen MR) is 93.0 cm³/mol. The van der Waals surface area contributed by atoms with E-state index in [1.807, 2.05) is 30.3 Å². The number of primary amides is 1. The molecule has 3 N–H and O–H groups in total. The van der Waals surface area contributed by atoms with E-state index in [9.17, 15) is 14.0 Å². The van der Waals surface area contributed by atoms with Gasteiger partial charge in [-0.05, 0) is 29.8 Å². The van der Waals surface area contributed by atoms with Gasteiger partial charge in [0.25, 0.3) is 0 Å². The highest BCUT2D eigenvalue weighted by Gasteiger charge is 2.18. The predicted octanol–water partition coefficient (Wildman–Crippen LogP) is 2.52. The van der Waals surface area contributed by atoms with Crippen LogP contribution in [-0.4, -0.2) is 23.6 Å². The molecule has 1 unspecified atom stereocenters. The van der Waals surface area contributed by atoms with Gasteiger partial charge in [-0.2, -0.15) is 0 Å². The monoisotopic (exact) mass is 346 g/mol. The number of rotatable bonds is 8. The third-order valence-corrected chi connectivity index (χ3v) is 4.39. The van der Waals surface area contributed by atoms with Crippen LogP contribution in [0.25, 0.3) is 0 Å². The minimum atomic E-state index is -0.726. The number of amides is 2. The van der Waals surface area contributed by atoms with Gasteiger partial charge >= 0.3 is 0 Å². The minimum Gasteiger partial charge on any atom is -0.368 e.